The molecule has 0 bridgehead atoms. The molecule has 2 aromatic rings. The van der Waals surface area contributed by atoms with Gasteiger partial charge in [0.1, 0.15) is 0 Å². The molecule has 0 fully saturated rings. The van der Waals surface area contributed by atoms with E-state index in [9.17, 15) is 14.7 Å². The van der Waals surface area contributed by atoms with Crippen LogP contribution in [0.4, 0.5) is 5.69 Å². The minimum Gasteiger partial charge on any atom is -0.461 e. The fourth-order valence-corrected chi connectivity index (χ4v) is 2.73. The zero-order chi connectivity index (χ0) is 15.2. The number of amides is 1. The summed E-state index contributed by atoms with van der Waals surface area (Å²) in [5, 5.41) is 11.2. The molecule has 2 heterocycles. The van der Waals surface area contributed by atoms with E-state index in [1.807, 2.05) is 0 Å². The SMILES string of the molecule is CN1C(=O)C(O)(CC(=O)c2ccco2)c2cc(Cl)ccc21. The van der Waals surface area contributed by atoms with Crippen LogP contribution >= 0.6 is 11.6 Å². The molecular formula is C15H12ClNO4. The van der Waals surface area contributed by atoms with Crippen molar-refractivity contribution in [2.75, 3.05) is 11.9 Å². The maximum atomic E-state index is 12.4. The molecule has 0 saturated heterocycles. The zero-order valence-corrected chi connectivity index (χ0v) is 11.9. The molecule has 0 saturated carbocycles. The number of furan rings is 1. The summed E-state index contributed by atoms with van der Waals surface area (Å²) in [5.41, 5.74) is -1.04. The van der Waals surface area contributed by atoms with E-state index in [4.69, 9.17) is 16.0 Å². The summed E-state index contributed by atoms with van der Waals surface area (Å²) in [4.78, 5) is 25.8. The Balaban J connectivity index is 2.03. The summed E-state index contributed by atoms with van der Waals surface area (Å²) in [6, 6.07) is 7.85. The second kappa shape index (κ2) is 4.72. The van der Waals surface area contributed by atoms with Gasteiger partial charge in [-0.15, -0.1) is 0 Å². The molecule has 1 amide bonds. The first-order valence-corrected chi connectivity index (χ1v) is 6.68. The van der Waals surface area contributed by atoms with Crippen molar-refractivity contribution >= 4 is 29.0 Å². The highest BCUT2D eigenvalue weighted by molar-refractivity contribution is 6.31. The molecule has 5 nitrogen and oxygen atoms in total. The predicted octanol–water partition coefficient (Wildman–Crippen LogP) is 2.37. The maximum absolute atomic E-state index is 12.4. The Morgan fingerprint density at radius 1 is 1.43 bits per heavy atom. The van der Waals surface area contributed by atoms with Crippen LogP contribution in [-0.2, 0) is 10.4 Å². The lowest BCUT2D eigenvalue weighted by Gasteiger charge is -2.20. The molecule has 108 valence electrons. The van der Waals surface area contributed by atoms with Crippen molar-refractivity contribution in [3.8, 4) is 0 Å². The molecule has 1 aliphatic rings. The number of Topliss-reactive ketones (excluding diaryl/α,β-unsaturated/α-hetero) is 1. The van der Waals surface area contributed by atoms with Gasteiger partial charge in [-0.25, -0.2) is 0 Å². The van der Waals surface area contributed by atoms with E-state index in [1.165, 1.54) is 23.3 Å². The number of ketones is 1. The molecule has 6 heteroatoms. The van der Waals surface area contributed by atoms with Crippen molar-refractivity contribution in [3.63, 3.8) is 0 Å². The second-order valence-corrected chi connectivity index (χ2v) is 5.40. The molecule has 1 N–H and O–H groups in total. The molecule has 1 aliphatic heterocycles. The van der Waals surface area contributed by atoms with Crippen LogP contribution in [0.5, 0.6) is 0 Å². The van der Waals surface area contributed by atoms with Crippen LogP contribution < -0.4 is 4.90 Å². The van der Waals surface area contributed by atoms with Crippen LogP contribution in [0.25, 0.3) is 0 Å². The van der Waals surface area contributed by atoms with Crippen LogP contribution in [0, 0.1) is 0 Å². The largest absolute Gasteiger partial charge is 0.461 e. The first kappa shape index (κ1) is 13.9. The van der Waals surface area contributed by atoms with E-state index in [1.54, 1.807) is 25.2 Å². The van der Waals surface area contributed by atoms with Crippen molar-refractivity contribution in [1.29, 1.82) is 0 Å². The highest BCUT2D eigenvalue weighted by atomic mass is 35.5. The van der Waals surface area contributed by atoms with E-state index < -0.39 is 23.7 Å². The van der Waals surface area contributed by atoms with Crippen molar-refractivity contribution < 1.29 is 19.1 Å². The molecular weight excluding hydrogens is 294 g/mol. The third-order valence-corrected chi connectivity index (χ3v) is 3.87. The summed E-state index contributed by atoms with van der Waals surface area (Å²) in [5.74, 6) is -0.897. The lowest BCUT2D eigenvalue weighted by Crippen LogP contribution is -2.40. The predicted molar refractivity (Wildman–Crippen MR) is 76.4 cm³/mol. The third kappa shape index (κ3) is 2.05. The Bertz CT molecular complexity index is 725. The summed E-state index contributed by atoms with van der Waals surface area (Å²) >= 11 is 5.94. The van der Waals surface area contributed by atoms with Gasteiger partial charge < -0.3 is 14.4 Å². The Morgan fingerprint density at radius 2 is 2.19 bits per heavy atom. The Labute approximate surface area is 125 Å². The average molecular weight is 306 g/mol. The maximum Gasteiger partial charge on any atom is 0.263 e. The molecule has 1 atom stereocenters. The van der Waals surface area contributed by atoms with Crippen molar-refractivity contribution in [2.45, 2.75) is 12.0 Å². The quantitative estimate of drug-likeness (QED) is 0.884. The highest BCUT2D eigenvalue weighted by Gasteiger charge is 2.50. The number of benzene rings is 1. The molecule has 1 unspecified atom stereocenters. The fourth-order valence-electron chi connectivity index (χ4n) is 2.56. The first-order chi connectivity index (χ1) is 9.93. The summed E-state index contributed by atoms with van der Waals surface area (Å²) in [6.45, 7) is 0. The summed E-state index contributed by atoms with van der Waals surface area (Å²) in [6.07, 6.45) is 0.974. The van der Waals surface area contributed by atoms with Crippen LogP contribution in [0.2, 0.25) is 5.02 Å². The van der Waals surface area contributed by atoms with Gasteiger partial charge >= 0.3 is 0 Å². The lowest BCUT2D eigenvalue weighted by molar-refractivity contribution is -0.135. The summed E-state index contributed by atoms with van der Waals surface area (Å²) < 4.78 is 5.01. The van der Waals surface area contributed by atoms with Crippen LogP contribution in [0.15, 0.2) is 41.0 Å². The number of carbonyl (C=O) groups excluding carboxylic acids is 2. The number of hydrogen-bond acceptors (Lipinski definition) is 4. The molecule has 1 aromatic heterocycles. The zero-order valence-electron chi connectivity index (χ0n) is 11.2. The summed E-state index contributed by atoms with van der Waals surface area (Å²) in [7, 11) is 1.55. The molecule has 0 spiro atoms. The standard InChI is InChI=1S/C15H12ClNO4/c1-17-11-5-4-9(16)7-10(11)15(20,14(17)19)8-12(18)13-3-2-6-21-13/h2-7,20H,8H2,1H3. The van der Waals surface area contributed by atoms with E-state index in [0.29, 0.717) is 16.3 Å². The molecule has 21 heavy (non-hydrogen) atoms. The van der Waals surface area contributed by atoms with Gasteiger partial charge in [-0.05, 0) is 30.3 Å². The van der Waals surface area contributed by atoms with Gasteiger partial charge in [-0.3, -0.25) is 9.59 Å². The van der Waals surface area contributed by atoms with Crippen molar-refractivity contribution in [2.24, 2.45) is 0 Å². The Kier molecular flexibility index (Phi) is 3.11. The average Bonchev–Trinajstić information content (AvgIpc) is 3.04. The van der Waals surface area contributed by atoms with Gasteiger partial charge in [0, 0.05) is 17.6 Å². The minimum absolute atomic E-state index is 0.106. The topological polar surface area (TPSA) is 70.8 Å². The lowest BCUT2D eigenvalue weighted by atomic mass is 9.89. The monoisotopic (exact) mass is 305 g/mol. The number of rotatable bonds is 3. The van der Waals surface area contributed by atoms with Gasteiger partial charge in [0.2, 0.25) is 5.78 Å². The van der Waals surface area contributed by atoms with Crippen LogP contribution in [0.1, 0.15) is 22.5 Å². The van der Waals surface area contributed by atoms with Gasteiger partial charge in [-0.2, -0.15) is 0 Å². The number of halogens is 1. The molecule has 1 aromatic carbocycles. The first-order valence-electron chi connectivity index (χ1n) is 6.31. The number of carbonyl (C=O) groups is 2. The second-order valence-electron chi connectivity index (χ2n) is 4.96. The van der Waals surface area contributed by atoms with Crippen molar-refractivity contribution in [1.82, 2.24) is 0 Å². The van der Waals surface area contributed by atoms with E-state index in [0.717, 1.165) is 0 Å². The third-order valence-electron chi connectivity index (χ3n) is 3.64. The van der Waals surface area contributed by atoms with Crippen LogP contribution in [-0.4, -0.2) is 23.8 Å². The van der Waals surface area contributed by atoms with E-state index in [2.05, 4.69) is 0 Å². The van der Waals surface area contributed by atoms with E-state index in [-0.39, 0.29) is 5.76 Å². The van der Waals surface area contributed by atoms with Gasteiger partial charge in [0.25, 0.3) is 5.91 Å². The van der Waals surface area contributed by atoms with Crippen molar-refractivity contribution in [3.05, 3.63) is 52.9 Å². The minimum atomic E-state index is -1.92. The molecule has 0 radical (unpaired) electrons. The smallest absolute Gasteiger partial charge is 0.263 e. The highest BCUT2D eigenvalue weighted by Crippen LogP contribution is 2.43. The molecule has 0 aliphatic carbocycles. The number of likely N-dealkylation sites (N-methyl/N-ethyl adjacent to an activating group) is 1. The van der Waals surface area contributed by atoms with E-state index >= 15 is 0 Å². The van der Waals surface area contributed by atoms with Crippen LogP contribution in [0.3, 0.4) is 0 Å². The normalized spacial score (nSPS) is 20.7. The molecule has 3 rings (SSSR count). The number of hydrogen-bond donors (Lipinski definition) is 1. The number of aliphatic hydroxyl groups is 1. The Morgan fingerprint density at radius 3 is 2.86 bits per heavy atom. The van der Waals surface area contributed by atoms with Gasteiger partial charge in [-0.1, -0.05) is 11.6 Å². The van der Waals surface area contributed by atoms with Gasteiger partial charge in [0.05, 0.1) is 18.4 Å². The van der Waals surface area contributed by atoms with Gasteiger partial charge in [0.15, 0.2) is 11.4 Å². The Hall–Kier alpha value is -2.11. The fraction of sp³-hybridized carbons (Fsp3) is 0.200. The number of fused-ring (bicyclic) bond motifs is 1. The number of anilines is 1. The number of nitrogens with zero attached hydrogens (tertiary/aromatic N) is 1.